The van der Waals surface area contributed by atoms with Gasteiger partial charge in [0.2, 0.25) is 0 Å². The van der Waals surface area contributed by atoms with E-state index in [1.807, 2.05) is 12.1 Å². The van der Waals surface area contributed by atoms with E-state index in [0.717, 1.165) is 18.4 Å². The van der Waals surface area contributed by atoms with Gasteiger partial charge in [0.1, 0.15) is 0 Å². The second-order valence-corrected chi connectivity index (χ2v) is 11.7. The van der Waals surface area contributed by atoms with E-state index in [2.05, 4.69) is 6.92 Å². The largest absolute Gasteiger partial charge is 0.481 e. The van der Waals surface area contributed by atoms with E-state index < -0.39 is 21.9 Å². The van der Waals surface area contributed by atoms with E-state index in [1.54, 1.807) is 55.5 Å². The fourth-order valence-corrected chi connectivity index (χ4v) is 6.38. The lowest BCUT2D eigenvalue weighted by Gasteiger charge is -2.12. The highest BCUT2D eigenvalue weighted by Crippen LogP contribution is 2.35. The van der Waals surface area contributed by atoms with Crippen molar-refractivity contribution < 1.29 is 18.3 Å². The molecule has 190 valence electrons. The second kappa shape index (κ2) is 11.1. The monoisotopic (exact) mass is 525 g/mol. The minimum Gasteiger partial charge on any atom is -0.481 e. The zero-order valence-corrected chi connectivity index (χ0v) is 22.3. The van der Waals surface area contributed by atoms with E-state index in [-0.39, 0.29) is 4.90 Å². The zero-order valence-electron chi connectivity index (χ0n) is 20.7. The number of rotatable bonds is 11. The highest BCUT2D eigenvalue weighted by Gasteiger charge is 2.25. The minimum atomic E-state index is -3.95. The van der Waals surface area contributed by atoms with Crippen LogP contribution in [0.2, 0.25) is 5.02 Å². The average Bonchev–Trinajstić information content (AvgIpc) is 3.19. The molecule has 4 rings (SSSR count). The summed E-state index contributed by atoms with van der Waals surface area (Å²) in [5.41, 5.74) is 2.60. The summed E-state index contributed by atoms with van der Waals surface area (Å²) in [6, 6.07) is 17.4. The number of aryl methyl sites for hydroxylation is 1. The maximum atomic E-state index is 13.9. The first kappa shape index (κ1) is 26.2. The molecule has 1 atom stereocenters. The molecule has 0 aliphatic heterocycles. The fraction of sp³-hybridized carbons (Fsp3) is 0.345. The van der Waals surface area contributed by atoms with Crippen LogP contribution in [0, 0.1) is 0 Å². The van der Waals surface area contributed by atoms with Crippen LogP contribution in [-0.4, -0.2) is 23.5 Å². The van der Waals surface area contributed by atoms with E-state index >= 15 is 0 Å². The summed E-state index contributed by atoms with van der Waals surface area (Å²) in [5.74, 6) is -1.74. The fourth-order valence-electron chi connectivity index (χ4n) is 4.69. The number of carboxylic acids is 1. The number of nitrogens with zero attached hydrogens (tertiary/aromatic N) is 1. The van der Waals surface area contributed by atoms with Crippen molar-refractivity contribution in [2.24, 2.45) is 0 Å². The first-order valence-corrected chi connectivity index (χ1v) is 14.4. The van der Waals surface area contributed by atoms with Gasteiger partial charge >= 0.3 is 5.97 Å². The number of benzene rings is 3. The molecule has 1 aromatic heterocycles. The lowest BCUT2D eigenvalue weighted by Crippen LogP contribution is -2.13. The zero-order chi connectivity index (χ0) is 25.9. The number of unbranched alkanes of at least 4 members (excludes halogenated alkanes) is 5. The van der Waals surface area contributed by atoms with Crippen molar-refractivity contribution in [1.29, 1.82) is 0 Å². The van der Waals surface area contributed by atoms with Crippen molar-refractivity contribution in [3.63, 3.8) is 0 Å². The summed E-state index contributed by atoms with van der Waals surface area (Å²) in [4.78, 5) is 11.8. The number of carbonyl (C=O) groups is 1. The summed E-state index contributed by atoms with van der Waals surface area (Å²) in [5, 5.41) is 11.4. The quantitative estimate of drug-likeness (QED) is 0.203. The normalized spacial score (nSPS) is 12.9. The first-order chi connectivity index (χ1) is 17.2. The Hall–Kier alpha value is -2.83. The Morgan fingerprint density at radius 2 is 1.58 bits per heavy atom. The van der Waals surface area contributed by atoms with Crippen molar-refractivity contribution in [1.82, 2.24) is 3.97 Å². The van der Waals surface area contributed by atoms with Gasteiger partial charge in [0.05, 0.1) is 21.8 Å². The predicted octanol–water partition coefficient (Wildman–Crippen LogP) is 7.78. The van der Waals surface area contributed by atoms with Crippen LogP contribution in [0.15, 0.2) is 65.6 Å². The molecule has 0 saturated heterocycles. The van der Waals surface area contributed by atoms with Gasteiger partial charge in [0.25, 0.3) is 10.0 Å². The molecule has 1 unspecified atom stereocenters. The van der Waals surface area contributed by atoms with Gasteiger partial charge < -0.3 is 5.11 Å². The molecule has 0 fully saturated rings. The molecule has 1 N–H and O–H groups in total. The Kier molecular flexibility index (Phi) is 8.06. The molecular weight excluding hydrogens is 494 g/mol. The molecule has 0 radical (unpaired) electrons. The Balaban J connectivity index is 1.72. The van der Waals surface area contributed by atoms with Crippen molar-refractivity contribution in [2.45, 2.75) is 69.6 Å². The van der Waals surface area contributed by atoms with Gasteiger partial charge in [0, 0.05) is 15.8 Å². The van der Waals surface area contributed by atoms with Crippen molar-refractivity contribution in [3.8, 4) is 0 Å². The molecule has 5 nitrogen and oxygen atoms in total. The Morgan fingerprint density at radius 1 is 0.889 bits per heavy atom. The number of aliphatic carboxylic acids is 1. The molecule has 0 aliphatic carbocycles. The first-order valence-electron chi connectivity index (χ1n) is 12.5. The molecule has 0 spiro atoms. The number of hydrogen-bond acceptors (Lipinski definition) is 3. The predicted molar refractivity (Wildman–Crippen MR) is 147 cm³/mol. The van der Waals surface area contributed by atoms with Crippen LogP contribution in [0.3, 0.4) is 0 Å². The highest BCUT2D eigenvalue weighted by molar-refractivity contribution is 7.90. The summed E-state index contributed by atoms with van der Waals surface area (Å²) in [6.45, 7) is 3.80. The lowest BCUT2D eigenvalue weighted by atomic mass is 10.00. The van der Waals surface area contributed by atoms with Gasteiger partial charge in [-0.2, -0.15) is 0 Å². The van der Waals surface area contributed by atoms with E-state index in [4.69, 9.17) is 11.6 Å². The van der Waals surface area contributed by atoms with Gasteiger partial charge in [-0.05, 0) is 67.3 Å². The van der Waals surface area contributed by atoms with Gasteiger partial charge in [-0.1, -0.05) is 74.9 Å². The highest BCUT2D eigenvalue weighted by atomic mass is 35.5. The van der Waals surface area contributed by atoms with E-state index in [9.17, 15) is 18.3 Å². The maximum absolute atomic E-state index is 13.9. The maximum Gasteiger partial charge on any atom is 0.310 e. The van der Waals surface area contributed by atoms with Crippen LogP contribution in [0.5, 0.6) is 0 Å². The Labute approximate surface area is 217 Å². The number of halogens is 1. The van der Waals surface area contributed by atoms with Crippen LogP contribution in [0.25, 0.3) is 21.8 Å². The number of carboxylic acid groups (broad SMARTS) is 1. The SMILES string of the molecule is CCCCCCCCc1ccc(S(=O)(=O)n2c3ccc(Cl)cc3c3ccc(C(C)C(=O)O)cc32)cc1. The van der Waals surface area contributed by atoms with Crippen molar-refractivity contribution in [2.75, 3.05) is 0 Å². The third-order valence-corrected chi connectivity index (χ3v) is 8.84. The van der Waals surface area contributed by atoms with Crippen LogP contribution in [0.1, 0.15) is 69.4 Å². The summed E-state index contributed by atoms with van der Waals surface area (Å²) in [7, 11) is -3.95. The summed E-state index contributed by atoms with van der Waals surface area (Å²) >= 11 is 6.24. The van der Waals surface area contributed by atoms with Crippen LogP contribution < -0.4 is 0 Å². The van der Waals surface area contributed by atoms with Gasteiger partial charge in [0.15, 0.2) is 0 Å². The van der Waals surface area contributed by atoms with Gasteiger partial charge in [-0.15, -0.1) is 0 Å². The smallest absolute Gasteiger partial charge is 0.310 e. The Morgan fingerprint density at radius 3 is 2.28 bits per heavy atom. The van der Waals surface area contributed by atoms with Crippen LogP contribution >= 0.6 is 11.6 Å². The molecule has 0 saturated carbocycles. The molecule has 36 heavy (non-hydrogen) atoms. The molecule has 0 bridgehead atoms. The third kappa shape index (κ3) is 5.30. The second-order valence-electron chi connectivity index (χ2n) is 9.43. The van der Waals surface area contributed by atoms with Crippen LogP contribution in [-0.2, 0) is 21.2 Å². The van der Waals surface area contributed by atoms with Gasteiger partial charge in [-0.25, -0.2) is 12.4 Å². The molecular formula is C29H32ClNO4S. The molecule has 0 amide bonds. The summed E-state index contributed by atoms with van der Waals surface area (Å²) < 4.78 is 29.1. The Bertz CT molecular complexity index is 1490. The van der Waals surface area contributed by atoms with Crippen molar-refractivity contribution in [3.05, 3.63) is 76.8 Å². The number of hydrogen-bond donors (Lipinski definition) is 1. The molecule has 0 aliphatic rings. The van der Waals surface area contributed by atoms with Gasteiger partial charge in [-0.3, -0.25) is 4.79 Å². The molecule has 1 heterocycles. The van der Waals surface area contributed by atoms with E-state index in [1.165, 1.54) is 36.1 Å². The molecule has 4 aromatic rings. The third-order valence-electron chi connectivity index (χ3n) is 6.86. The minimum absolute atomic E-state index is 0.194. The van der Waals surface area contributed by atoms with Crippen molar-refractivity contribution >= 4 is 49.4 Å². The standard InChI is InChI=1S/C29H32ClNO4S/c1-3-4-5-6-7-8-9-21-10-14-24(15-11-21)36(34,35)31-27-17-13-23(30)19-26(27)25-16-12-22(18-28(25)31)20(2)29(32)33/h10-20H,3-9H2,1-2H3,(H,32,33). The van der Waals surface area contributed by atoms with Crippen LogP contribution in [0.4, 0.5) is 0 Å². The number of fused-ring (bicyclic) bond motifs is 3. The molecule has 7 heteroatoms. The average molecular weight is 526 g/mol. The number of aromatic nitrogens is 1. The lowest BCUT2D eigenvalue weighted by molar-refractivity contribution is -0.138. The summed E-state index contributed by atoms with van der Waals surface area (Å²) in [6.07, 6.45) is 8.21. The topological polar surface area (TPSA) is 76.4 Å². The van der Waals surface area contributed by atoms with E-state index in [0.29, 0.717) is 32.4 Å². The molecule has 3 aromatic carbocycles.